The zero-order valence-corrected chi connectivity index (χ0v) is 19.9. The largest absolute Gasteiger partial charge is 0.375 e. The lowest BCUT2D eigenvalue weighted by Crippen LogP contribution is -2.53. The molecule has 0 bridgehead atoms. The summed E-state index contributed by atoms with van der Waals surface area (Å²) in [6, 6.07) is 8.21. The van der Waals surface area contributed by atoms with Crippen LogP contribution in [0.2, 0.25) is 0 Å². The first-order valence-electron chi connectivity index (χ1n) is 10.2. The second-order valence-electron chi connectivity index (χ2n) is 7.06. The van der Waals surface area contributed by atoms with Gasteiger partial charge in [0.15, 0.2) is 11.1 Å². The third-order valence-electron chi connectivity index (χ3n) is 5.05. The van der Waals surface area contributed by atoms with E-state index < -0.39 is 0 Å². The smallest absolute Gasteiger partial charge is 0.194 e. The van der Waals surface area contributed by atoms with Gasteiger partial charge in [0, 0.05) is 32.8 Å². The number of thiazole rings is 1. The van der Waals surface area contributed by atoms with E-state index in [-0.39, 0.29) is 36.2 Å². The summed E-state index contributed by atoms with van der Waals surface area (Å²) in [7, 11) is 0. The molecule has 4 rings (SSSR count). The molecule has 0 radical (unpaired) electrons. The van der Waals surface area contributed by atoms with Crippen LogP contribution in [0.1, 0.15) is 19.8 Å². The molecule has 2 fully saturated rings. The number of nitrogens with zero attached hydrogens (tertiary/aromatic N) is 3. The summed E-state index contributed by atoms with van der Waals surface area (Å²) in [5.74, 6) is 0.958. The highest BCUT2D eigenvalue weighted by atomic mass is 127. The van der Waals surface area contributed by atoms with Gasteiger partial charge in [-0.15, -0.1) is 24.0 Å². The van der Waals surface area contributed by atoms with Gasteiger partial charge < -0.3 is 25.0 Å². The summed E-state index contributed by atoms with van der Waals surface area (Å²) in [4.78, 5) is 11.7. The number of anilines is 1. The maximum atomic E-state index is 5.96. The Morgan fingerprint density at radius 1 is 1.28 bits per heavy atom. The fraction of sp³-hybridized carbons (Fsp3) is 0.600. The van der Waals surface area contributed by atoms with Crippen LogP contribution in [0, 0.1) is 0 Å². The van der Waals surface area contributed by atoms with Crippen LogP contribution in [0.3, 0.4) is 0 Å². The van der Waals surface area contributed by atoms with Crippen LogP contribution in [-0.4, -0.2) is 74.0 Å². The molecular formula is C20H30IN5O2S. The number of morpholine rings is 1. The van der Waals surface area contributed by atoms with Gasteiger partial charge >= 0.3 is 0 Å². The van der Waals surface area contributed by atoms with Gasteiger partial charge in [-0.1, -0.05) is 23.5 Å². The normalized spacial score (nSPS) is 22.5. The van der Waals surface area contributed by atoms with Gasteiger partial charge in [-0.25, -0.2) is 4.98 Å². The Labute approximate surface area is 193 Å². The second kappa shape index (κ2) is 11.3. The molecule has 0 aliphatic carbocycles. The highest BCUT2D eigenvalue weighted by Crippen LogP contribution is 2.25. The minimum atomic E-state index is 0. The van der Waals surface area contributed by atoms with Crippen molar-refractivity contribution in [3.8, 4) is 0 Å². The molecule has 0 spiro atoms. The van der Waals surface area contributed by atoms with Crippen LogP contribution in [0.15, 0.2) is 29.3 Å². The Morgan fingerprint density at radius 2 is 2.14 bits per heavy atom. The number of ether oxygens (including phenoxy) is 2. The van der Waals surface area contributed by atoms with E-state index in [1.165, 1.54) is 4.70 Å². The van der Waals surface area contributed by atoms with Crippen molar-refractivity contribution in [1.29, 1.82) is 0 Å². The van der Waals surface area contributed by atoms with Gasteiger partial charge in [-0.2, -0.15) is 0 Å². The molecular weight excluding hydrogens is 501 g/mol. The van der Waals surface area contributed by atoms with Crippen molar-refractivity contribution < 1.29 is 9.47 Å². The lowest BCUT2D eigenvalue weighted by molar-refractivity contribution is -0.0817. The molecule has 0 saturated carbocycles. The zero-order chi connectivity index (χ0) is 19.2. The topological polar surface area (TPSA) is 71.0 Å². The third-order valence-corrected chi connectivity index (χ3v) is 6.05. The van der Waals surface area contributed by atoms with E-state index in [2.05, 4.69) is 33.5 Å². The number of nitrogens with one attached hydrogen (secondary N) is 2. The molecule has 3 heterocycles. The first kappa shape index (κ1) is 22.5. The van der Waals surface area contributed by atoms with Crippen molar-refractivity contribution in [2.75, 3.05) is 51.3 Å². The number of aromatic nitrogens is 1. The van der Waals surface area contributed by atoms with Crippen molar-refractivity contribution in [2.45, 2.75) is 32.0 Å². The summed E-state index contributed by atoms with van der Waals surface area (Å²) >= 11 is 1.68. The van der Waals surface area contributed by atoms with E-state index in [9.17, 15) is 0 Å². The molecule has 2 unspecified atom stereocenters. The number of fused-ring (bicyclic) bond motifs is 1. The van der Waals surface area contributed by atoms with E-state index >= 15 is 0 Å². The van der Waals surface area contributed by atoms with Crippen molar-refractivity contribution in [3.05, 3.63) is 24.3 Å². The van der Waals surface area contributed by atoms with Gasteiger partial charge in [-0.05, 0) is 31.9 Å². The Morgan fingerprint density at radius 3 is 2.93 bits per heavy atom. The van der Waals surface area contributed by atoms with Gasteiger partial charge in [0.05, 0.1) is 29.5 Å². The summed E-state index contributed by atoms with van der Waals surface area (Å²) in [6.45, 7) is 7.69. The highest BCUT2D eigenvalue weighted by molar-refractivity contribution is 14.0. The molecule has 1 aromatic carbocycles. The average Bonchev–Trinajstić information content (AvgIpc) is 3.40. The van der Waals surface area contributed by atoms with Gasteiger partial charge in [0.1, 0.15) is 6.10 Å². The maximum Gasteiger partial charge on any atom is 0.194 e. The Balaban J connectivity index is 0.00000240. The molecule has 2 aliphatic rings. The molecule has 2 N–H and O–H groups in total. The first-order valence-corrected chi connectivity index (χ1v) is 11.0. The molecule has 2 aromatic rings. The molecule has 7 nitrogen and oxygen atoms in total. The van der Waals surface area contributed by atoms with E-state index in [0.717, 1.165) is 68.8 Å². The van der Waals surface area contributed by atoms with Crippen molar-refractivity contribution in [1.82, 2.24) is 15.2 Å². The number of aliphatic imine (C=N–C) groups is 1. The number of guanidine groups is 1. The van der Waals surface area contributed by atoms with E-state index in [4.69, 9.17) is 14.5 Å². The van der Waals surface area contributed by atoms with Gasteiger partial charge in [0.25, 0.3) is 0 Å². The van der Waals surface area contributed by atoms with Crippen LogP contribution in [-0.2, 0) is 9.47 Å². The standard InChI is InChI=1S/C20H29N5O2S.HI/c1-2-21-19(25-11-13-27-17(14-25)16-7-5-12-26-16)22-9-10-23-20-24-15-6-3-4-8-18(15)28-20;/h3-4,6,8,16-17H,2,5,7,9-14H2,1H3,(H,21,22)(H,23,24);1H. The van der Waals surface area contributed by atoms with Crippen LogP contribution >= 0.6 is 35.3 Å². The predicted octanol–water partition coefficient (Wildman–Crippen LogP) is 3.17. The molecule has 29 heavy (non-hydrogen) atoms. The number of rotatable bonds is 6. The number of hydrogen-bond donors (Lipinski definition) is 2. The molecule has 2 atom stereocenters. The number of benzene rings is 1. The monoisotopic (exact) mass is 531 g/mol. The van der Waals surface area contributed by atoms with E-state index in [1.807, 2.05) is 18.2 Å². The van der Waals surface area contributed by atoms with Gasteiger partial charge in [-0.3, -0.25) is 4.99 Å². The summed E-state index contributed by atoms with van der Waals surface area (Å²) < 4.78 is 13.0. The predicted molar refractivity (Wildman–Crippen MR) is 130 cm³/mol. The third kappa shape index (κ3) is 5.93. The number of halogens is 1. The quantitative estimate of drug-likeness (QED) is 0.258. The SMILES string of the molecule is CCNC(=NCCNc1nc2ccccc2s1)N1CCOC(C2CCCO2)C1.I. The molecule has 2 aliphatic heterocycles. The fourth-order valence-corrected chi connectivity index (χ4v) is 4.58. The van der Waals surface area contributed by atoms with Crippen LogP contribution < -0.4 is 10.6 Å². The Kier molecular flexibility index (Phi) is 8.76. The fourth-order valence-electron chi connectivity index (χ4n) is 3.69. The van der Waals surface area contributed by atoms with Crippen molar-refractivity contribution >= 4 is 56.6 Å². The number of hydrogen-bond acceptors (Lipinski definition) is 6. The van der Waals surface area contributed by atoms with Crippen molar-refractivity contribution in [3.63, 3.8) is 0 Å². The molecule has 9 heteroatoms. The second-order valence-corrected chi connectivity index (χ2v) is 8.09. The van der Waals surface area contributed by atoms with Gasteiger partial charge in [0.2, 0.25) is 0 Å². The number of para-hydroxylation sites is 1. The average molecular weight is 531 g/mol. The molecule has 2 saturated heterocycles. The Hall–Kier alpha value is -1.17. The minimum Gasteiger partial charge on any atom is -0.375 e. The van der Waals surface area contributed by atoms with Crippen LogP contribution in [0.4, 0.5) is 5.13 Å². The summed E-state index contributed by atoms with van der Waals surface area (Å²) in [6.07, 6.45) is 2.60. The molecule has 0 amide bonds. The molecule has 160 valence electrons. The van der Waals surface area contributed by atoms with E-state index in [0.29, 0.717) is 6.54 Å². The minimum absolute atomic E-state index is 0. The maximum absolute atomic E-state index is 5.96. The highest BCUT2D eigenvalue weighted by Gasteiger charge is 2.32. The summed E-state index contributed by atoms with van der Waals surface area (Å²) in [5.41, 5.74) is 1.04. The van der Waals surface area contributed by atoms with Crippen molar-refractivity contribution in [2.24, 2.45) is 4.99 Å². The lowest BCUT2D eigenvalue weighted by atomic mass is 10.1. The summed E-state index contributed by atoms with van der Waals surface area (Å²) in [5, 5.41) is 7.77. The Bertz CT molecular complexity index is 763. The zero-order valence-electron chi connectivity index (χ0n) is 16.8. The van der Waals surface area contributed by atoms with E-state index in [1.54, 1.807) is 11.3 Å². The molecule has 1 aromatic heterocycles. The van der Waals surface area contributed by atoms with Crippen LogP contribution in [0.25, 0.3) is 10.2 Å². The van der Waals surface area contributed by atoms with Crippen LogP contribution in [0.5, 0.6) is 0 Å². The first-order chi connectivity index (χ1) is 13.8. The lowest BCUT2D eigenvalue weighted by Gasteiger charge is -2.37.